The van der Waals surface area contributed by atoms with E-state index in [0.717, 1.165) is 36.2 Å². The topological polar surface area (TPSA) is 61.9 Å². The van der Waals surface area contributed by atoms with Crippen molar-refractivity contribution >= 4 is 34.4 Å². The van der Waals surface area contributed by atoms with Crippen molar-refractivity contribution in [2.24, 2.45) is 17.8 Å². The Morgan fingerprint density at radius 1 is 1.28 bits per heavy atom. The number of ketones is 1. The van der Waals surface area contributed by atoms with Gasteiger partial charge in [0.25, 0.3) is 0 Å². The lowest BCUT2D eigenvalue weighted by atomic mass is 10.0. The van der Waals surface area contributed by atoms with Gasteiger partial charge in [0.1, 0.15) is 5.52 Å². The van der Waals surface area contributed by atoms with Crippen LogP contribution in [0.15, 0.2) is 36.7 Å². The lowest BCUT2D eigenvalue weighted by Crippen LogP contribution is -2.21. The van der Waals surface area contributed by atoms with Crippen molar-refractivity contribution in [3.8, 4) is 11.3 Å². The van der Waals surface area contributed by atoms with E-state index in [4.69, 9.17) is 4.98 Å². The number of aromatic nitrogens is 3. The van der Waals surface area contributed by atoms with Crippen LogP contribution in [0.1, 0.15) is 30.6 Å². The number of rotatable bonds is 5. The summed E-state index contributed by atoms with van der Waals surface area (Å²) < 4.78 is 0. The fourth-order valence-electron chi connectivity index (χ4n) is 4.48. The molecule has 2 saturated heterocycles. The second-order valence-electron chi connectivity index (χ2n) is 8.69. The number of benzene rings is 1. The molecule has 2 fully saturated rings. The summed E-state index contributed by atoms with van der Waals surface area (Å²) in [5.41, 5.74) is 5.10. The zero-order valence-corrected chi connectivity index (χ0v) is 17.7. The number of nitrogens with zero attached hydrogens (tertiary/aromatic N) is 3. The molecule has 0 saturated carbocycles. The molecule has 6 heteroatoms. The molecule has 4 heterocycles. The molecule has 5 nitrogen and oxygen atoms in total. The average Bonchev–Trinajstić information content (AvgIpc) is 3.41. The minimum absolute atomic E-state index is 0.118. The fourth-order valence-corrected chi connectivity index (χ4v) is 5.98. The largest absolute Gasteiger partial charge is 0.371 e. The molecule has 0 radical (unpaired) electrons. The molecule has 2 aromatic heterocycles. The van der Waals surface area contributed by atoms with Gasteiger partial charge in [-0.05, 0) is 41.4 Å². The Labute approximate surface area is 175 Å². The summed E-state index contributed by atoms with van der Waals surface area (Å²) in [4.78, 5) is 27.6. The minimum atomic E-state index is 0.118. The SMILES string of the molecule is CC(C)CC(=O)c1c[nH]c2ncc(-c3cccc(N4CC5CSCC5C4)c3)nc12. The maximum Gasteiger partial charge on any atom is 0.166 e. The fraction of sp³-hybridized carbons (Fsp3) is 0.435. The van der Waals surface area contributed by atoms with Crippen molar-refractivity contribution in [2.75, 3.05) is 29.5 Å². The van der Waals surface area contributed by atoms with Crippen molar-refractivity contribution in [3.63, 3.8) is 0 Å². The molecule has 2 aliphatic heterocycles. The first-order valence-corrected chi connectivity index (χ1v) is 11.5. The first-order valence-electron chi connectivity index (χ1n) is 10.4. The van der Waals surface area contributed by atoms with Gasteiger partial charge in [0.2, 0.25) is 0 Å². The summed E-state index contributed by atoms with van der Waals surface area (Å²) in [5, 5.41) is 0. The predicted molar refractivity (Wildman–Crippen MR) is 120 cm³/mol. The van der Waals surface area contributed by atoms with E-state index in [1.807, 2.05) is 0 Å². The van der Waals surface area contributed by atoms with Gasteiger partial charge in [-0.15, -0.1) is 0 Å². The van der Waals surface area contributed by atoms with Crippen LogP contribution in [-0.2, 0) is 0 Å². The number of fused-ring (bicyclic) bond motifs is 2. The number of thioether (sulfide) groups is 1. The number of aromatic amines is 1. The summed E-state index contributed by atoms with van der Waals surface area (Å²) in [5.74, 6) is 4.68. The third-order valence-electron chi connectivity index (χ3n) is 6.02. The number of anilines is 1. The van der Waals surface area contributed by atoms with E-state index in [0.29, 0.717) is 29.1 Å². The van der Waals surface area contributed by atoms with E-state index < -0.39 is 0 Å². The standard InChI is InChI=1S/C23H26N4OS/c1-14(2)6-21(28)19-8-24-23-22(19)26-20(9-25-23)15-4-3-5-18(7-15)27-10-16-12-29-13-17(16)11-27/h3-5,7-9,14,16-17H,6,10-13H2,1-2H3,(H,24,25). The zero-order chi connectivity index (χ0) is 20.0. The molecule has 0 bridgehead atoms. The van der Waals surface area contributed by atoms with Crippen molar-refractivity contribution < 1.29 is 4.79 Å². The maximum atomic E-state index is 12.6. The Morgan fingerprint density at radius 3 is 2.83 bits per heavy atom. The summed E-state index contributed by atoms with van der Waals surface area (Å²) in [7, 11) is 0. The molecule has 2 atom stereocenters. The zero-order valence-electron chi connectivity index (χ0n) is 16.9. The van der Waals surface area contributed by atoms with Gasteiger partial charge in [-0.3, -0.25) is 4.79 Å². The van der Waals surface area contributed by atoms with Crippen LogP contribution in [0.5, 0.6) is 0 Å². The Hall–Kier alpha value is -2.34. The summed E-state index contributed by atoms with van der Waals surface area (Å²) in [6, 6.07) is 8.58. The van der Waals surface area contributed by atoms with Gasteiger partial charge in [0.05, 0.1) is 17.5 Å². The van der Waals surface area contributed by atoms with Gasteiger partial charge in [-0.2, -0.15) is 11.8 Å². The minimum Gasteiger partial charge on any atom is -0.371 e. The number of Topliss-reactive ketones (excluding diaryl/α,β-unsaturated/α-hetero) is 1. The van der Waals surface area contributed by atoms with E-state index in [1.54, 1.807) is 12.4 Å². The molecule has 1 aromatic carbocycles. The van der Waals surface area contributed by atoms with E-state index >= 15 is 0 Å². The second-order valence-corrected chi connectivity index (χ2v) is 9.76. The van der Waals surface area contributed by atoms with Crippen LogP contribution < -0.4 is 4.90 Å². The van der Waals surface area contributed by atoms with Crippen molar-refractivity contribution in [1.82, 2.24) is 15.0 Å². The molecular formula is C23H26N4OS. The van der Waals surface area contributed by atoms with Crippen LogP contribution in [0.4, 0.5) is 5.69 Å². The third kappa shape index (κ3) is 3.54. The molecule has 150 valence electrons. The predicted octanol–water partition coefficient (Wildman–Crippen LogP) is 4.65. The molecule has 0 amide bonds. The van der Waals surface area contributed by atoms with Crippen LogP contribution in [0, 0.1) is 17.8 Å². The second kappa shape index (κ2) is 7.48. The Balaban J connectivity index is 1.45. The highest BCUT2D eigenvalue weighted by Gasteiger charge is 2.36. The molecule has 29 heavy (non-hydrogen) atoms. The lowest BCUT2D eigenvalue weighted by Gasteiger charge is -2.20. The van der Waals surface area contributed by atoms with E-state index in [9.17, 15) is 4.79 Å². The van der Waals surface area contributed by atoms with Crippen LogP contribution >= 0.6 is 11.8 Å². The van der Waals surface area contributed by atoms with Crippen LogP contribution in [-0.4, -0.2) is 45.3 Å². The number of hydrogen-bond donors (Lipinski definition) is 1. The highest BCUT2D eigenvalue weighted by atomic mass is 32.2. The van der Waals surface area contributed by atoms with Gasteiger partial charge >= 0.3 is 0 Å². The lowest BCUT2D eigenvalue weighted by molar-refractivity contribution is 0.0969. The number of carbonyl (C=O) groups excluding carboxylic acids is 1. The molecule has 0 aliphatic carbocycles. The summed E-state index contributed by atoms with van der Waals surface area (Å²) >= 11 is 2.10. The molecular weight excluding hydrogens is 380 g/mol. The number of carbonyl (C=O) groups is 1. The van der Waals surface area contributed by atoms with Gasteiger partial charge < -0.3 is 9.88 Å². The van der Waals surface area contributed by atoms with Crippen molar-refractivity contribution in [2.45, 2.75) is 20.3 Å². The van der Waals surface area contributed by atoms with E-state index in [1.165, 1.54) is 17.2 Å². The van der Waals surface area contributed by atoms with Gasteiger partial charge in [-0.1, -0.05) is 26.0 Å². The molecule has 2 unspecified atom stereocenters. The van der Waals surface area contributed by atoms with Crippen molar-refractivity contribution in [1.29, 1.82) is 0 Å². The van der Waals surface area contributed by atoms with Crippen LogP contribution in [0.2, 0.25) is 0 Å². The highest BCUT2D eigenvalue weighted by Crippen LogP contribution is 2.38. The molecule has 0 spiro atoms. The Bertz CT molecular complexity index is 1050. The maximum absolute atomic E-state index is 12.6. The van der Waals surface area contributed by atoms with Crippen molar-refractivity contribution in [3.05, 3.63) is 42.2 Å². The molecule has 2 aliphatic rings. The number of H-pyrrole nitrogens is 1. The first kappa shape index (κ1) is 18.7. The average molecular weight is 407 g/mol. The van der Waals surface area contributed by atoms with E-state index in [2.05, 4.69) is 64.7 Å². The van der Waals surface area contributed by atoms with Crippen LogP contribution in [0.25, 0.3) is 22.4 Å². The quantitative estimate of drug-likeness (QED) is 0.625. The third-order valence-corrected chi connectivity index (χ3v) is 7.35. The van der Waals surface area contributed by atoms with E-state index in [-0.39, 0.29) is 5.78 Å². The summed E-state index contributed by atoms with van der Waals surface area (Å²) in [6.07, 6.45) is 4.06. The highest BCUT2D eigenvalue weighted by molar-refractivity contribution is 7.99. The summed E-state index contributed by atoms with van der Waals surface area (Å²) in [6.45, 7) is 6.41. The van der Waals surface area contributed by atoms with Gasteiger partial charge in [0, 0.05) is 37.0 Å². The van der Waals surface area contributed by atoms with Crippen LogP contribution in [0.3, 0.4) is 0 Å². The first-order chi connectivity index (χ1) is 14.1. The molecule has 1 N–H and O–H groups in total. The van der Waals surface area contributed by atoms with Gasteiger partial charge in [-0.25, -0.2) is 9.97 Å². The number of nitrogens with one attached hydrogen (secondary N) is 1. The normalized spacial score (nSPS) is 21.3. The molecule has 3 aromatic rings. The number of hydrogen-bond acceptors (Lipinski definition) is 5. The Kier molecular flexibility index (Phi) is 4.82. The smallest absolute Gasteiger partial charge is 0.166 e. The Morgan fingerprint density at radius 2 is 2.07 bits per heavy atom. The van der Waals surface area contributed by atoms with Gasteiger partial charge in [0.15, 0.2) is 11.4 Å². The monoisotopic (exact) mass is 406 g/mol. The molecule has 5 rings (SSSR count).